The highest BCUT2D eigenvalue weighted by Gasteiger charge is 2.43. The van der Waals surface area contributed by atoms with Gasteiger partial charge in [0.1, 0.15) is 0 Å². The van der Waals surface area contributed by atoms with Crippen LogP contribution < -0.4 is 5.56 Å². The van der Waals surface area contributed by atoms with Gasteiger partial charge in [-0.2, -0.15) is 0 Å². The second-order valence-electron chi connectivity index (χ2n) is 10.9. The van der Waals surface area contributed by atoms with Crippen LogP contribution in [0.4, 0.5) is 0 Å². The maximum Gasteiger partial charge on any atom is 0.258 e. The first-order valence-electron chi connectivity index (χ1n) is 13.5. The number of hydrogen-bond donors (Lipinski definition) is 0. The van der Waals surface area contributed by atoms with Crippen LogP contribution in [-0.4, -0.2) is 9.55 Å². The highest BCUT2D eigenvalue weighted by atomic mass is 32.2. The summed E-state index contributed by atoms with van der Waals surface area (Å²) in [6.07, 6.45) is 6.73. The van der Waals surface area contributed by atoms with Gasteiger partial charge in [-0.05, 0) is 55.4 Å². The van der Waals surface area contributed by atoms with Gasteiger partial charge in [0.2, 0.25) is 0 Å². The molecule has 0 unspecified atom stereocenters. The molecule has 37 heavy (non-hydrogen) atoms. The standard InChI is InChI=1S/C33H34N2OS/c1-23-15-16-27(24(2)19-23)22-37-32-34-30-28-14-8-7-13-26(28)20-33(17-9-4-10-18-33)29(30)31(36)35(32)21-25-11-5-3-6-12-25/h3,5-8,11-16,19H,4,9-10,17-18,20-22H2,1-2H3. The first-order chi connectivity index (χ1) is 18.0. The Morgan fingerprint density at radius 2 is 1.68 bits per heavy atom. The van der Waals surface area contributed by atoms with Gasteiger partial charge in [-0.15, -0.1) is 0 Å². The Morgan fingerprint density at radius 3 is 2.46 bits per heavy atom. The number of hydrogen-bond acceptors (Lipinski definition) is 3. The van der Waals surface area contributed by atoms with Crippen molar-refractivity contribution in [2.45, 2.75) is 75.2 Å². The topological polar surface area (TPSA) is 34.9 Å². The minimum absolute atomic E-state index is 0.0960. The Bertz CT molecular complexity index is 1500. The van der Waals surface area contributed by atoms with Crippen LogP contribution in [-0.2, 0) is 24.1 Å². The molecule has 0 amide bonds. The SMILES string of the molecule is Cc1ccc(CSc2nc3c(c(=O)n2Cc2ccccc2)C2(CCCCC2)Cc2ccccc2-3)c(C)c1. The van der Waals surface area contributed by atoms with Gasteiger partial charge in [0.05, 0.1) is 17.8 Å². The molecule has 1 heterocycles. The highest BCUT2D eigenvalue weighted by molar-refractivity contribution is 7.98. The molecule has 188 valence electrons. The molecule has 3 aromatic carbocycles. The summed E-state index contributed by atoms with van der Waals surface area (Å²) >= 11 is 1.69. The zero-order valence-corrected chi connectivity index (χ0v) is 22.6. The van der Waals surface area contributed by atoms with Crippen molar-refractivity contribution in [3.63, 3.8) is 0 Å². The maximum atomic E-state index is 14.6. The number of fused-ring (bicyclic) bond motifs is 4. The number of rotatable bonds is 5. The molecular weight excluding hydrogens is 472 g/mol. The molecule has 0 atom stereocenters. The number of benzene rings is 3. The van der Waals surface area contributed by atoms with Crippen molar-refractivity contribution in [2.24, 2.45) is 0 Å². The molecule has 4 aromatic rings. The molecule has 1 aromatic heterocycles. The van der Waals surface area contributed by atoms with Crippen molar-refractivity contribution < 1.29 is 0 Å². The van der Waals surface area contributed by atoms with Gasteiger partial charge in [0, 0.05) is 16.7 Å². The Balaban J connectivity index is 1.52. The van der Waals surface area contributed by atoms with Gasteiger partial charge in [-0.3, -0.25) is 9.36 Å². The summed E-state index contributed by atoms with van der Waals surface area (Å²) in [7, 11) is 0. The monoisotopic (exact) mass is 506 g/mol. The molecule has 1 saturated carbocycles. The van der Waals surface area contributed by atoms with Crippen LogP contribution in [0.2, 0.25) is 0 Å². The minimum atomic E-state index is -0.0960. The highest BCUT2D eigenvalue weighted by Crippen LogP contribution is 2.49. The number of aromatic nitrogens is 2. The molecule has 0 bridgehead atoms. The number of thioether (sulfide) groups is 1. The lowest BCUT2D eigenvalue weighted by Crippen LogP contribution is -2.43. The van der Waals surface area contributed by atoms with Crippen LogP contribution in [0.3, 0.4) is 0 Å². The average Bonchev–Trinajstić information content (AvgIpc) is 2.91. The minimum Gasteiger partial charge on any atom is -0.283 e. The predicted octanol–water partition coefficient (Wildman–Crippen LogP) is 7.63. The fraction of sp³-hybridized carbons (Fsp3) is 0.333. The Hall–Kier alpha value is -3.11. The lowest BCUT2D eigenvalue weighted by atomic mass is 9.62. The van der Waals surface area contributed by atoms with Gasteiger partial charge in [0.25, 0.3) is 5.56 Å². The summed E-state index contributed by atoms with van der Waals surface area (Å²) in [6, 6.07) is 25.6. The molecule has 0 saturated heterocycles. The smallest absolute Gasteiger partial charge is 0.258 e. The quantitative estimate of drug-likeness (QED) is 0.206. The lowest BCUT2D eigenvalue weighted by Gasteiger charge is -2.42. The molecule has 2 aliphatic rings. The van der Waals surface area contributed by atoms with E-state index in [0.717, 1.165) is 52.6 Å². The predicted molar refractivity (Wildman–Crippen MR) is 153 cm³/mol. The van der Waals surface area contributed by atoms with Crippen LogP contribution in [0.25, 0.3) is 11.3 Å². The van der Waals surface area contributed by atoms with Crippen LogP contribution in [0, 0.1) is 13.8 Å². The van der Waals surface area contributed by atoms with Gasteiger partial charge in [-0.25, -0.2) is 4.98 Å². The van der Waals surface area contributed by atoms with Crippen molar-refractivity contribution in [3.05, 3.63) is 117 Å². The molecule has 0 radical (unpaired) electrons. The Morgan fingerprint density at radius 1 is 0.919 bits per heavy atom. The maximum absolute atomic E-state index is 14.6. The molecular formula is C33H34N2OS. The van der Waals surface area contributed by atoms with E-state index < -0.39 is 0 Å². The Kier molecular flexibility index (Phi) is 6.54. The molecule has 0 N–H and O–H groups in total. The van der Waals surface area contributed by atoms with Crippen LogP contribution in [0.15, 0.2) is 82.7 Å². The summed E-state index contributed by atoms with van der Waals surface area (Å²) in [5, 5.41) is 0.815. The Labute approximate surface area is 224 Å². The van der Waals surface area contributed by atoms with Crippen molar-refractivity contribution in [3.8, 4) is 11.3 Å². The number of nitrogens with zero attached hydrogens (tertiary/aromatic N) is 2. The van der Waals surface area contributed by atoms with E-state index in [1.54, 1.807) is 11.8 Å². The van der Waals surface area contributed by atoms with Gasteiger partial charge in [0.15, 0.2) is 5.16 Å². The third kappa shape index (κ3) is 4.57. The largest absolute Gasteiger partial charge is 0.283 e. The summed E-state index contributed by atoms with van der Waals surface area (Å²) in [5.74, 6) is 0.791. The van der Waals surface area contributed by atoms with E-state index in [2.05, 4.69) is 68.4 Å². The summed E-state index contributed by atoms with van der Waals surface area (Å²) in [4.78, 5) is 19.9. The fourth-order valence-corrected chi connectivity index (χ4v) is 7.45. The van der Waals surface area contributed by atoms with Crippen LogP contribution >= 0.6 is 11.8 Å². The summed E-state index contributed by atoms with van der Waals surface area (Å²) in [5.41, 5.74) is 9.43. The van der Waals surface area contributed by atoms with E-state index in [1.807, 2.05) is 22.8 Å². The zero-order valence-electron chi connectivity index (χ0n) is 21.8. The summed E-state index contributed by atoms with van der Waals surface area (Å²) in [6.45, 7) is 4.85. The van der Waals surface area contributed by atoms with Crippen LogP contribution in [0.5, 0.6) is 0 Å². The molecule has 6 rings (SSSR count). The molecule has 3 nitrogen and oxygen atoms in total. The fourth-order valence-electron chi connectivity index (χ4n) is 6.39. The molecule has 1 fully saturated rings. The van der Waals surface area contributed by atoms with Crippen molar-refractivity contribution in [2.75, 3.05) is 0 Å². The van der Waals surface area contributed by atoms with Gasteiger partial charge >= 0.3 is 0 Å². The zero-order chi connectivity index (χ0) is 25.4. The van der Waals surface area contributed by atoms with E-state index in [1.165, 1.54) is 41.5 Å². The first-order valence-corrected chi connectivity index (χ1v) is 14.5. The van der Waals surface area contributed by atoms with Crippen molar-refractivity contribution >= 4 is 11.8 Å². The second-order valence-corrected chi connectivity index (χ2v) is 11.8. The second kappa shape index (κ2) is 9.98. The molecule has 1 spiro atoms. The molecule has 4 heteroatoms. The van der Waals surface area contributed by atoms with E-state index in [4.69, 9.17) is 4.98 Å². The summed E-state index contributed by atoms with van der Waals surface area (Å²) < 4.78 is 1.96. The third-order valence-electron chi connectivity index (χ3n) is 8.31. The van der Waals surface area contributed by atoms with Crippen molar-refractivity contribution in [1.82, 2.24) is 9.55 Å². The van der Waals surface area contributed by atoms with E-state index in [9.17, 15) is 4.79 Å². The average molecular weight is 507 g/mol. The molecule has 2 aliphatic carbocycles. The normalized spacial score (nSPS) is 15.8. The van der Waals surface area contributed by atoms with Crippen molar-refractivity contribution in [1.29, 1.82) is 0 Å². The first kappa shape index (κ1) is 24.2. The van der Waals surface area contributed by atoms with E-state index >= 15 is 0 Å². The van der Waals surface area contributed by atoms with E-state index in [-0.39, 0.29) is 11.0 Å². The molecule has 0 aliphatic heterocycles. The van der Waals surface area contributed by atoms with Crippen LogP contribution in [0.1, 0.15) is 65.5 Å². The van der Waals surface area contributed by atoms with Gasteiger partial charge in [-0.1, -0.05) is 109 Å². The lowest BCUT2D eigenvalue weighted by molar-refractivity contribution is 0.282. The number of aryl methyl sites for hydroxylation is 2. The van der Waals surface area contributed by atoms with Gasteiger partial charge < -0.3 is 0 Å². The van der Waals surface area contributed by atoms with E-state index in [0.29, 0.717) is 6.54 Å². The third-order valence-corrected chi connectivity index (χ3v) is 9.34.